The molecule has 1 aromatic rings. The number of benzene rings is 1. The highest BCUT2D eigenvalue weighted by molar-refractivity contribution is 5.94. The predicted octanol–water partition coefficient (Wildman–Crippen LogP) is 1.13. The van der Waals surface area contributed by atoms with Gasteiger partial charge in [0.2, 0.25) is 0 Å². The molecule has 2 saturated heterocycles. The van der Waals surface area contributed by atoms with E-state index < -0.39 is 5.60 Å². The Kier molecular flexibility index (Phi) is 4.99. The van der Waals surface area contributed by atoms with Crippen LogP contribution in [0.3, 0.4) is 0 Å². The van der Waals surface area contributed by atoms with Gasteiger partial charge in [-0.25, -0.2) is 0 Å². The van der Waals surface area contributed by atoms with E-state index in [-0.39, 0.29) is 5.78 Å². The lowest BCUT2D eigenvalue weighted by Gasteiger charge is -2.41. The van der Waals surface area contributed by atoms with Gasteiger partial charge in [0.25, 0.3) is 0 Å². The monoisotopic (exact) mass is 317 g/mol. The highest BCUT2D eigenvalue weighted by Crippen LogP contribution is 2.21. The van der Waals surface area contributed by atoms with Crippen molar-refractivity contribution < 1.29 is 9.90 Å². The zero-order chi connectivity index (χ0) is 16.3. The van der Waals surface area contributed by atoms with Crippen LogP contribution in [0.5, 0.6) is 0 Å². The Labute approximate surface area is 138 Å². The molecule has 2 fully saturated rings. The summed E-state index contributed by atoms with van der Waals surface area (Å²) in [5, 5.41) is 13.9. The molecule has 5 nitrogen and oxygen atoms in total. The number of aliphatic hydroxyl groups is 1. The lowest BCUT2D eigenvalue weighted by atomic mass is 9.93. The Balaban J connectivity index is 1.52. The van der Waals surface area contributed by atoms with Gasteiger partial charge < -0.3 is 15.3 Å². The Morgan fingerprint density at radius 3 is 2.48 bits per heavy atom. The molecule has 2 aliphatic rings. The van der Waals surface area contributed by atoms with E-state index in [1.807, 2.05) is 24.3 Å². The van der Waals surface area contributed by atoms with Crippen LogP contribution < -0.4 is 10.2 Å². The molecule has 1 aromatic carbocycles. The number of anilines is 1. The van der Waals surface area contributed by atoms with Crippen molar-refractivity contribution in [1.82, 2.24) is 10.2 Å². The molecular formula is C18H27N3O2. The molecule has 0 spiro atoms. The molecule has 126 valence electrons. The Morgan fingerprint density at radius 1 is 1.22 bits per heavy atom. The van der Waals surface area contributed by atoms with E-state index in [4.69, 9.17) is 0 Å². The topological polar surface area (TPSA) is 55.8 Å². The molecule has 23 heavy (non-hydrogen) atoms. The quantitative estimate of drug-likeness (QED) is 0.815. The number of piperidine rings is 1. The SMILES string of the molecule is CC(=O)c1ccc(N2CCN(C[C@@]3(O)CCCNC3)CC2)cc1. The third-order valence-corrected chi connectivity index (χ3v) is 4.98. The van der Waals surface area contributed by atoms with Gasteiger partial charge >= 0.3 is 0 Å². The van der Waals surface area contributed by atoms with E-state index in [1.54, 1.807) is 6.92 Å². The normalized spacial score (nSPS) is 26.3. The first-order valence-corrected chi connectivity index (χ1v) is 8.57. The highest BCUT2D eigenvalue weighted by Gasteiger charge is 2.32. The minimum atomic E-state index is -0.566. The van der Waals surface area contributed by atoms with E-state index in [1.165, 1.54) is 5.69 Å². The zero-order valence-corrected chi connectivity index (χ0v) is 13.9. The molecule has 0 aliphatic carbocycles. The van der Waals surface area contributed by atoms with Crippen molar-refractivity contribution in [3.8, 4) is 0 Å². The molecule has 0 saturated carbocycles. The fourth-order valence-corrected chi connectivity index (χ4v) is 3.57. The van der Waals surface area contributed by atoms with Crippen LogP contribution in [0.25, 0.3) is 0 Å². The Morgan fingerprint density at radius 2 is 1.91 bits per heavy atom. The van der Waals surface area contributed by atoms with Gasteiger partial charge in [-0.3, -0.25) is 9.69 Å². The van der Waals surface area contributed by atoms with Gasteiger partial charge in [-0.2, -0.15) is 0 Å². The standard InChI is InChI=1S/C18H27N3O2/c1-15(22)16-3-5-17(6-4-16)21-11-9-20(10-12-21)14-18(23)7-2-8-19-13-18/h3-6,19,23H,2,7-14H2,1H3/t18-/m1/s1. The summed E-state index contributed by atoms with van der Waals surface area (Å²) in [6, 6.07) is 7.87. The maximum absolute atomic E-state index is 11.3. The number of nitrogens with one attached hydrogen (secondary N) is 1. The lowest BCUT2D eigenvalue weighted by molar-refractivity contribution is -0.0164. The summed E-state index contributed by atoms with van der Waals surface area (Å²) < 4.78 is 0. The van der Waals surface area contributed by atoms with Crippen molar-refractivity contribution in [1.29, 1.82) is 0 Å². The number of ketones is 1. The molecule has 3 rings (SSSR count). The van der Waals surface area contributed by atoms with Crippen LogP contribution in [0.4, 0.5) is 5.69 Å². The average Bonchev–Trinajstić information content (AvgIpc) is 2.56. The predicted molar refractivity (Wildman–Crippen MR) is 92.2 cm³/mol. The molecule has 2 N–H and O–H groups in total. The second-order valence-corrected chi connectivity index (χ2v) is 6.87. The number of carbonyl (C=O) groups excluding carboxylic acids is 1. The fraction of sp³-hybridized carbons (Fsp3) is 0.611. The molecule has 0 amide bonds. The van der Waals surface area contributed by atoms with Crippen molar-refractivity contribution in [3.63, 3.8) is 0 Å². The van der Waals surface area contributed by atoms with Gasteiger partial charge in [0.15, 0.2) is 5.78 Å². The molecule has 2 heterocycles. The molecule has 2 aliphatic heterocycles. The molecule has 0 radical (unpaired) electrons. The van der Waals surface area contributed by atoms with Crippen LogP contribution >= 0.6 is 0 Å². The van der Waals surface area contributed by atoms with Gasteiger partial charge in [0, 0.05) is 50.5 Å². The number of rotatable bonds is 4. The Hall–Kier alpha value is -1.43. The molecule has 1 atom stereocenters. The smallest absolute Gasteiger partial charge is 0.159 e. The summed E-state index contributed by atoms with van der Waals surface area (Å²) in [7, 11) is 0. The van der Waals surface area contributed by atoms with E-state index in [2.05, 4.69) is 15.1 Å². The van der Waals surface area contributed by atoms with Crippen LogP contribution in [0.1, 0.15) is 30.1 Å². The first kappa shape index (κ1) is 16.4. The maximum atomic E-state index is 11.3. The van der Waals surface area contributed by atoms with Crippen LogP contribution in [0.15, 0.2) is 24.3 Å². The minimum absolute atomic E-state index is 0.107. The molecule has 0 aromatic heterocycles. The van der Waals surface area contributed by atoms with Gasteiger partial charge in [-0.1, -0.05) is 0 Å². The summed E-state index contributed by atoms with van der Waals surface area (Å²) in [5.74, 6) is 0.107. The third-order valence-electron chi connectivity index (χ3n) is 4.98. The van der Waals surface area contributed by atoms with E-state index >= 15 is 0 Å². The zero-order valence-electron chi connectivity index (χ0n) is 13.9. The van der Waals surface area contributed by atoms with Crippen LogP contribution in [0, 0.1) is 0 Å². The maximum Gasteiger partial charge on any atom is 0.159 e. The van der Waals surface area contributed by atoms with Crippen LogP contribution in [-0.4, -0.2) is 67.2 Å². The van der Waals surface area contributed by atoms with Gasteiger partial charge in [0.05, 0.1) is 5.60 Å². The van der Waals surface area contributed by atoms with Gasteiger partial charge in [-0.15, -0.1) is 0 Å². The summed E-state index contributed by atoms with van der Waals surface area (Å²) in [5.41, 5.74) is 1.37. The highest BCUT2D eigenvalue weighted by atomic mass is 16.3. The van der Waals surface area contributed by atoms with Crippen molar-refractivity contribution in [2.24, 2.45) is 0 Å². The second kappa shape index (κ2) is 6.99. The second-order valence-electron chi connectivity index (χ2n) is 6.87. The minimum Gasteiger partial charge on any atom is -0.387 e. The van der Waals surface area contributed by atoms with Gasteiger partial charge in [-0.05, 0) is 50.6 Å². The number of nitrogens with zero attached hydrogens (tertiary/aromatic N) is 2. The summed E-state index contributed by atoms with van der Waals surface area (Å²) in [4.78, 5) is 16.1. The molecular weight excluding hydrogens is 290 g/mol. The van der Waals surface area contributed by atoms with Crippen LogP contribution in [-0.2, 0) is 0 Å². The first-order valence-electron chi connectivity index (χ1n) is 8.57. The summed E-state index contributed by atoms with van der Waals surface area (Å²) >= 11 is 0. The Bertz CT molecular complexity index is 530. The number of hydrogen-bond acceptors (Lipinski definition) is 5. The van der Waals surface area contributed by atoms with E-state index in [0.717, 1.165) is 57.7 Å². The molecule has 5 heteroatoms. The van der Waals surface area contributed by atoms with Crippen molar-refractivity contribution in [2.45, 2.75) is 25.4 Å². The number of carbonyl (C=O) groups is 1. The van der Waals surface area contributed by atoms with Crippen LogP contribution in [0.2, 0.25) is 0 Å². The van der Waals surface area contributed by atoms with Crippen molar-refractivity contribution in [2.75, 3.05) is 50.7 Å². The van der Waals surface area contributed by atoms with E-state index in [9.17, 15) is 9.90 Å². The molecule has 0 unspecified atom stereocenters. The van der Waals surface area contributed by atoms with E-state index in [0.29, 0.717) is 6.54 Å². The van der Waals surface area contributed by atoms with Crippen molar-refractivity contribution in [3.05, 3.63) is 29.8 Å². The average molecular weight is 317 g/mol. The first-order chi connectivity index (χ1) is 11.1. The van der Waals surface area contributed by atoms with Gasteiger partial charge in [0.1, 0.15) is 0 Å². The lowest BCUT2D eigenvalue weighted by Crippen LogP contribution is -2.56. The number of β-amino-alcohol motifs (C(OH)–C–C–N with tert-alkyl or cyclic N) is 1. The number of piperazine rings is 1. The largest absolute Gasteiger partial charge is 0.387 e. The summed E-state index contributed by atoms with van der Waals surface area (Å²) in [6.07, 6.45) is 1.95. The fourth-order valence-electron chi connectivity index (χ4n) is 3.57. The molecule has 0 bridgehead atoms. The van der Waals surface area contributed by atoms with Crippen molar-refractivity contribution >= 4 is 11.5 Å². The third kappa shape index (κ3) is 4.10. The number of hydrogen-bond donors (Lipinski definition) is 2. The number of Topliss-reactive ketones (excluding diaryl/α,β-unsaturated/α-hetero) is 1. The summed E-state index contributed by atoms with van der Waals surface area (Å²) in [6.45, 7) is 7.95.